The molecular weight excluding hydrogens is 376 g/mol. The van der Waals surface area contributed by atoms with E-state index < -0.39 is 0 Å². The molecule has 2 N–H and O–H groups in total. The molecule has 2 aromatic rings. The molecule has 0 aliphatic carbocycles. The molecule has 6 heteroatoms. The number of para-hydroxylation sites is 1. The minimum absolute atomic E-state index is 0.0485. The van der Waals surface area contributed by atoms with Gasteiger partial charge in [0.25, 0.3) is 0 Å². The van der Waals surface area contributed by atoms with E-state index in [4.69, 9.17) is 25.8 Å². The number of piperidine rings is 1. The predicted octanol–water partition coefficient (Wildman–Crippen LogP) is 3.82. The molecule has 2 unspecified atom stereocenters. The Balaban J connectivity index is 1.48. The summed E-state index contributed by atoms with van der Waals surface area (Å²) in [6.07, 6.45) is 2.23. The molecule has 0 amide bonds. The van der Waals surface area contributed by atoms with Crippen molar-refractivity contribution >= 4 is 11.6 Å². The van der Waals surface area contributed by atoms with Crippen molar-refractivity contribution in [2.24, 2.45) is 5.92 Å². The molecule has 0 aromatic heterocycles. The van der Waals surface area contributed by atoms with E-state index in [0.29, 0.717) is 29.8 Å². The molecule has 2 aliphatic heterocycles. The summed E-state index contributed by atoms with van der Waals surface area (Å²) in [6, 6.07) is 14.0. The third-order valence-corrected chi connectivity index (χ3v) is 5.75. The van der Waals surface area contributed by atoms with Gasteiger partial charge in [0.2, 0.25) is 0 Å². The summed E-state index contributed by atoms with van der Waals surface area (Å²) in [5, 5.41) is 7.86. The van der Waals surface area contributed by atoms with Gasteiger partial charge in [-0.2, -0.15) is 0 Å². The topological polar surface area (TPSA) is 51.8 Å². The van der Waals surface area contributed by atoms with Crippen molar-refractivity contribution in [3.63, 3.8) is 0 Å². The van der Waals surface area contributed by atoms with E-state index in [-0.39, 0.29) is 12.1 Å². The first-order chi connectivity index (χ1) is 13.7. The number of nitrogens with one attached hydrogen (secondary N) is 2. The maximum absolute atomic E-state index is 6.13. The van der Waals surface area contributed by atoms with E-state index in [2.05, 4.69) is 22.8 Å². The van der Waals surface area contributed by atoms with Crippen LogP contribution < -0.4 is 24.8 Å². The van der Waals surface area contributed by atoms with Crippen LogP contribution in [-0.2, 0) is 0 Å². The molecule has 2 aromatic carbocycles. The lowest BCUT2D eigenvalue weighted by atomic mass is 9.85. The Labute approximate surface area is 171 Å². The van der Waals surface area contributed by atoms with Gasteiger partial charge in [0.1, 0.15) is 18.5 Å². The van der Waals surface area contributed by atoms with Crippen LogP contribution in [-0.4, -0.2) is 39.5 Å². The molecule has 5 nitrogen and oxygen atoms in total. The van der Waals surface area contributed by atoms with Gasteiger partial charge in [-0.05, 0) is 50.0 Å². The van der Waals surface area contributed by atoms with E-state index in [1.54, 1.807) is 13.2 Å². The molecule has 2 atom stereocenters. The van der Waals surface area contributed by atoms with E-state index in [1.165, 1.54) is 5.56 Å². The highest BCUT2D eigenvalue weighted by atomic mass is 35.5. The van der Waals surface area contributed by atoms with E-state index >= 15 is 0 Å². The highest BCUT2D eigenvalue weighted by molar-refractivity contribution is 6.30. The number of rotatable bonds is 6. The van der Waals surface area contributed by atoms with E-state index in [0.717, 1.165) is 37.4 Å². The van der Waals surface area contributed by atoms with Crippen molar-refractivity contribution in [2.45, 2.75) is 25.0 Å². The Hall–Kier alpha value is -1.95. The molecule has 1 saturated heterocycles. The van der Waals surface area contributed by atoms with Crippen LogP contribution in [0.15, 0.2) is 42.5 Å². The number of halogens is 1. The SMILES string of the molecule is COc1ccccc1C(NCC1COc2cc(Cl)ccc2O1)C1CCNCC1. The summed E-state index contributed by atoms with van der Waals surface area (Å²) in [4.78, 5) is 0. The maximum atomic E-state index is 6.13. The van der Waals surface area contributed by atoms with Gasteiger partial charge in [0.15, 0.2) is 11.5 Å². The lowest BCUT2D eigenvalue weighted by Gasteiger charge is -2.34. The molecule has 0 bridgehead atoms. The molecule has 28 heavy (non-hydrogen) atoms. The van der Waals surface area contributed by atoms with Gasteiger partial charge in [-0.15, -0.1) is 0 Å². The lowest BCUT2D eigenvalue weighted by molar-refractivity contribution is 0.0849. The van der Waals surface area contributed by atoms with Crippen LogP contribution >= 0.6 is 11.6 Å². The normalized spacial score (nSPS) is 20.6. The van der Waals surface area contributed by atoms with Crippen LogP contribution in [0, 0.1) is 5.92 Å². The third-order valence-electron chi connectivity index (χ3n) is 5.52. The van der Waals surface area contributed by atoms with Crippen LogP contribution in [0.25, 0.3) is 0 Å². The Morgan fingerprint density at radius 3 is 2.82 bits per heavy atom. The van der Waals surface area contributed by atoms with Gasteiger partial charge in [0.05, 0.1) is 7.11 Å². The van der Waals surface area contributed by atoms with Crippen molar-refractivity contribution < 1.29 is 14.2 Å². The van der Waals surface area contributed by atoms with Crippen molar-refractivity contribution in [1.29, 1.82) is 0 Å². The molecule has 0 radical (unpaired) electrons. The second-order valence-electron chi connectivity index (χ2n) is 7.36. The van der Waals surface area contributed by atoms with Gasteiger partial charge >= 0.3 is 0 Å². The average Bonchev–Trinajstić information content (AvgIpc) is 2.75. The fourth-order valence-electron chi connectivity index (χ4n) is 4.08. The summed E-state index contributed by atoms with van der Waals surface area (Å²) < 4.78 is 17.6. The Morgan fingerprint density at radius 2 is 2.00 bits per heavy atom. The van der Waals surface area contributed by atoms with Crippen LogP contribution in [0.2, 0.25) is 5.02 Å². The Bertz CT molecular complexity index is 795. The molecular formula is C22H27ClN2O3. The zero-order valence-electron chi connectivity index (χ0n) is 16.1. The van der Waals surface area contributed by atoms with Crippen LogP contribution in [0.3, 0.4) is 0 Å². The summed E-state index contributed by atoms with van der Waals surface area (Å²) in [7, 11) is 1.73. The van der Waals surface area contributed by atoms with Crippen molar-refractivity contribution in [1.82, 2.24) is 10.6 Å². The number of methoxy groups -OCH3 is 1. The molecule has 4 rings (SSSR count). The second kappa shape index (κ2) is 9.03. The Morgan fingerprint density at radius 1 is 1.18 bits per heavy atom. The van der Waals surface area contributed by atoms with Crippen molar-refractivity contribution in [2.75, 3.05) is 33.4 Å². The quantitative estimate of drug-likeness (QED) is 0.769. The largest absolute Gasteiger partial charge is 0.496 e. The molecule has 1 fully saturated rings. The predicted molar refractivity (Wildman–Crippen MR) is 111 cm³/mol. The fraction of sp³-hybridized carbons (Fsp3) is 0.455. The van der Waals surface area contributed by atoms with Gasteiger partial charge in [-0.1, -0.05) is 29.8 Å². The zero-order valence-corrected chi connectivity index (χ0v) is 16.9. The fourth-order valence-corrected chi connectivity index (χ4v) is 4.24. The summed E-state index contributed by atoms with van der Waals surface area (Å²) in [5.74, 6) is 2.94. The van der Waals surface area contributed by atoms with Crippen LogP contribution in [0.4, 0.5) is 0 Å². The summed E-state index contributed by atoms with van der Waals surface area (Å²) >= 11 is 6.03. The highest BCUT2D eigenvalue weighted by Crippen LogP contribution is 2.36. The highest BCUT2D eigenvalue weighted by Gasteiger charge is 2.29. The second-order valence-corrected chi connectivity index (χ2v) is 7.79. The molecule has 2 heterocycles. The first-order valence-electron chi connectivity index (χ1n) is 9.90. The minimum Gasteiger partial charge on any atom is -0.496 e. The van der Waals surface area contributed by atoms with Gasteiger partial charge in [0, 0.05) is 29.2 Å². The van der Waals surface area contributed by atoms with E-state index in [9.17, 15) is 0 Å². The number of ether oxygens (including phenoxy) is 3. The number of fused-ring (bicyclic) bond motifs is 1. The standard InChI is InChI=1S/C22H27ClN2O3/c1-26-19-5-3-2-4-18(19)22(15-8-10-24-11-9-15)25-13-17-14-27-21-12-16(23)6-7-20(21)28-17/h2-7,12,15,17,22,24-25H,8-11,13-14H2,1H3. The minimum atomic E-state index is -0.0485. The first-order valence-corrected chi connectivity index (χ1v) is 10.3. The van der Waals surface area contributed by atoms with Crippen LogP contribution in [0.5, 0.6) is 17.2 Å². The smallest absolute Gasteiger partial charge is 0.162 e. The van der Waals surface area contributed by atoms with Crippen LogP contribution in [0.1, 0.15) is 24.4 Å². The average molecular weight is 403 g/mol. The molecule has 2 aliphatic rings. The number of hydrogen-bond donors (Lipinski definition) is 2. The zero-order chi connectivity index (χ0) is 19.3. The van der Waals surface area contributed by atoms with Gasteiger partial charge in [-0.3, -0.25) is 0 Å². The van der Waals surface area contributed by atoms with Gasteiger partial charge in [-0.25, -0.2) is 0 Å². The third kappa shape index (κ3) is 4.37. The van der Waals surface area contributed by atoms with Crippen molar-refractivity contribution in [3.8, 4) is 17.2 Å². The molecule has 0 saturated carbocycles. The maximum Gasteiger partial charge on any atom is 0.162 e. The summed E-state index contributed by atoms with van der Waals surface area (Å²) in [6.45, 7) is 3.31. The summed E-state index contributed by atoms with van der Waals surface area (Å²) in [5.41, 5.74) is 1.21. The monoisotopic (exact) mass is 402 g/mol. The van der Waals surface area contributed by atoms with E-state index in [1.807, 2.05) is 24.3 Å². The molecule has 0 spiro atoms. The number of benzene rings is 2. The Kier molecular flexibility index (Phi) is 6.25. The first kappa shape index (κ1) is 19.4. The lowest BCUT2D eigenvalue weighted by Crippen LogP contribution is -2.43. The van der Waals surface area contributed by atoms with Gasteiger partial charge < -0.3 is 24.8 Å². The molecule has 150 valence electrons. The number of hydrogen-bond acceptors (Lipinski definition) is 5. The van der Waals surface area contributed by atoms with Crippen molar-refractivity contribution in [3.05, 3.63) is 53.1 Å².